The van der Waals surface area contributed by atoms with Gasteiger partial charge in [-0.3, -0.25) is 9.36 Å². The molecule has 0 saturated heterocycles. The average Bonchev–Trinajstić information content (AvgIpc) is 3.30. The van der Waals surface area contributed by atoms with E-state index in [1.807, 2.05) is 42.5 Å². The summed E-state index contributed by atoms with van der Waals surface area (Å²) in [6.45, 7) is 4.06. The number of para-hydroxylation sites is 2. The molecule has 11 heteroatoms. The lowest BCUT2D eigenvalue weighted by Crippen LogP contribution is -2.39. The Morgan fingerprint density at radius 1 is 1.02 bits per heavy atom. The van der Waals surface area contributed by atoms with Crippen LogP contribution in [0.2, 0.25) is 10.0 Å². The molecule has 4 aromatic rings. The molecular weight excluding hydrogens is 611 g/mol. The van der Waals surface area contributed by atoms with Crippen molar-refractivity contribution < 1.29 is 23.7 Å². The number of methoxy groups -OCH3 is 1. The molecule has 8 nitrogen and oxygen atoms in total. The molecule has 1 aliphatic heterocycles. The maximum Gasteiger partial charge on any atom is 0.338 e. The molecule has 0 fully saturated rings. The predicted molar refractivity (Wildman–Crippen MR) is 167 cm³/mol. The van der Waals surface area contributed by atoms with Gasteiger partial charge >= 0.3 is 5.97 Å². The Hall–Kier alpha value is -4.05. The monoisotopic (exact) mass is 638 g/mol. The average molecular weight is 640 g/mol. The lowest BCUT2D eigenvalue weighted by atomic mass is 9.96. The molecule has 2 heterocycles. The number of rotatable bonds is 10. The number of halogens is 2. The smallest absolute Gasteiger partial charge is 0.338 e. The van der Waals surface area contributed by atoms with Gasteiger partial charge in [0.05, 0.1) is 40.6 Å². The molecule has 3 aromatic carbocycles. The van der Waals surface area contributed by atoms with Crippen LogP contribution in [-0.2, 0) is 9.53 Å². The first-order valence-corrected chi connectivity index (χ1v) is 15.0. The molecule has 0 saturated carbocycles. The Labute approximate surface area is 262 Å². The number of hydrogen-bond donors (Lipinski definition) is 0. The zero-order valence-electron chi connectivity index (χ0n) is 23.6. The zero-order chi connectivity index (χ0) is 30.5. The van der Waals surface area contributed by atoms with E-state index in [0.29, 0.717) is 48.4 Å². The highest BCUT2D eigenvalue weighted by molar-refractivity contribution is 7.07. The first-order chi connectivity index (χ1) is 20.8. The molecule has 43 heavy (non-hydrogen) atoms. The van der Waals surface area contributed by atoms with Gasteiger partial charge in [0, 0.05) is 10.6 Å². The maximum absolute atomic E-state index is 14.0. The third-order valence-electron chi connectivity index (χ3n) is 6.61. The van der Waals surface area contributed by atoms with E-state index >= 15 is 0 Å². The number of ether oxygens (including phenoxy) is 4. The number of hydrogen-bond acceptors (Lipinski definition) is 8. The third kappa shape index (κ3) is 6.49. The maximum atomic E-state index is 14.0. The van der Waals surface area contributed by atoms with Crippen LogP contribution in [0.3, 0.4) is 0 Å². The second-order valence-corrected chi connectivity index (χ2v) is 11.2. The van der Waals surface area contributed by atoms with Gasteiger partial charge in [-0.15, -0.1) is 0 Å². The van der Waals surface area contributed by atoms with Crippen molar-refractivity contribution >= 4 is 46.6 Å². The minimum absolute atomic E-state index is 0.164. The largest absolute Gasteiger partial charge is 0.493 e. The summed E-state index contributed by atoms with van der Waals surface area (Å²) in [6, 6.07) is 19.2. The van der Waals surface area contributed by atoms with Crippen LogP contribution in [0.25, 0.3) is 6.08 Å². The molecule has 1 aromatic heterocycles. The van der Waals surface area contributed by atoms with Crippen molar-refractivity contribution in [3.8, 4) is 17.2 Å². The van der Waals surface area contributed by atoms with Gasteiger partial charge in [0.2, 0.25) is 0 Å². The van der Waals surface area contributed by atoms with Gasteiger partial charge in [0.25, 0.3) is 5.56 Å². The first-order valence-electron chi connectivity index (χ1n) is 13.4. The Kier molecular flexibility index (Phi) is 9.55. The van der Waals surface area contributed by atoms with Crippen molar-refractivity contribution in [3.63, 3.8) is 0 Å². The molecule has 0 unspecified atom stereocenters. The van der Waals surface area contributed by atoms with Crippen LogP contribution in [0, 0.1) is 0 Å². The summed E-state index contributed by atoms with van der Waals surface area (Å²) in [5, 5.41) is 0.663. The summed E-state index contributed by atoms with van der Waals surface area (Å²) in [4.78, 5) is 32.1. The lowest BCUT2D eigenvalue weighted by molar-refractivity contribution is -0.139. The van der Waals surface area contributed by atoms with E-state index in [0.717, 1.165) is 5.56 Å². The van der Waals surface area contributed by atoms with E-state index in [9.17, 15) is 9.59 Å². The van der Waals surface area contributed by atoms with Gasteiger partial charge in [-0.25, -0.2) is 9.79 Å². The standard InChI is InChI=1S/C32H28Cl2N2O6S/c1-4-40-31(38)27-19(2)35-32-36(28(27)20-10-6-5-7-11-20)30(37)26(43-32)17-21-16-22(33)18-23(34)29(21)42-15-14-41-25-13-9-8-12-24(25)39-3/h5-13,16-18,28H,4,14-15H2,1-3H3/b26-17+/t28-/m0/s1. The number of esters is 1. The SMILES string of the molecule is CCOC(=O)C1=C(C)N=c2s/c(=C/c3cc(Cl)cc(Cl)c3OCCOc3ccccc3OC)c(=O)n2[C@H]1c1ccccc1. The lowest BCUT2D eigenvalue weighted by Gasteiger charge is -2.24. The Morgan fingerprint density at radius 2 is 1.72 bits per heavy atom. The second-order valence-electron chi connectivity index (χ2n) is 9.37. The van der Waals surface area contributed by atoms with Crippen LogP contribution in [0.5, 0.6) is 17.2 Å². The molecule has 0 aliphatic carbocycles. The summed E-state index contributed by atoms with van der Waals surface area (Å²) in [6.07, 6.45) is 1.67. The van der Waals surface area contributed by atoms with Crippen LogP contribution in [0.15, 0.2) is 87.8 Å². The fourth-order valence-corrected chi connectivity index (χ4v) is 6.36. The third-order valence-corrected chi connectivity index (χ3v) is 8.09. The fourth-order valence-electron chi connectivity index (χ4n) is 4.76. The van der Waals surface area contributed by atoms with Crippen LogP contribution in [0.4, 0.5) is 0 Å². The number of benzene rings is 3. The highest BCUT2D eigenvalue weighted by Gasteiger charge is 2.33. The molecular formula is C32H28Cl2N2O6S. The van der Waals surface area contributed by atoms with E-state index in [-0.39, 0.29) is 30.4 Å². The van der Waals surface area contributed by atoms with E-state index in [4.69, 9.17) is 42.1 Å². The summed E-state index contributed by atoms with van der Waals surface area (Å²) in [5.41, 5.74) is 1.75. The zero-order valence-corrected chi connectivity index (χ0v) is 26.0. The Bertz CT molecular complexity index is 1870. The van der Waals surface area contributed by atoms with Crippen molar-refractivity contribution in [2.24, 2.45) is 4.99 Å². The first kappa shape index (κ1) is 30.4. The van der Waals surface area contributed by atoms with Crippen LogP contribution < -0.4 is 29.1 Å². The molecule has 5 rings (SSSR count). The van der Waals surface area contributed by atoms with Crippen molar-refractivity contribution in [2.75, 3.05) is 26.9 Å². The van der Waals surface area contributed by atoms with Crippen molar-refractivity contribution in [2.45, 2.75) is 19.9 Å². The van der Waals surface area contributed by atoms with E-state index in [1.165, 1.54) is 15.9 Å². The summed E-state index contributed by atoms with van der Waals surface area (Å²) < 4.78 is 24.4. The molecule has 0 spiro atoms. The number of allylic oxidation sites excluding steroid dienone is 1. The molecule has 0 amide bonds. The molecule has 0 radical (unpaired) electrons. The minimum Gasteiger partial charge on any atom is -0.493 e. The number of thiazole rings is 1. The highest BCUT2D eigenvalue weighted by Crippen LogP contribution is 2.34. The number of carbonyl (C=O) groups excluding carboxylic acids is 1. The summed E-state index contributed by atoms with van der Waals surface area (Å²) in [5.74, 6) is 1.03. The minimum atomic E-state index is -0.704. The van der Waals surface area contributed by atoms with E-state index in [1.54, 1.807) is 51.3 Å². The van der Waals surface area contributed by atoms with Crippen LogP contribution in [-0.4, -0.2) is 37.5 Å². The van der Waals surface area contributed by atoms with Crippen molar-refractivity contribution in [1.82, 2.24) is 4.57 Å². The van der Waals surface area contributed by atoms with Crippen LogP contribution in [0.1, 0.15) is 31.0 Å². The fraction of sp³-hybridized carbons (Fsp3) is 0.219. The molecule has 1 aliphatic rings. The van der Waals surface area contributed by atoms with Gasteiger partial charge in [-0.1, -0.05) is 77.0 Å². The highest BCUT2D eigenvalue weighted by atomic mass is 35.5. The van der Waals surface area contributed by atoms with Gasteiger partial charge < -0.3 is 18.9 Å². The molecule has 1 atom stereocenters. The van der Waals surface area contributed by atoms with Crippen molar-refractivity contribution in [3.05, 3.63) is 119 Å². The van der Waals surface area contributed by atoms with Crippen LogP contribution >= 0.6 is 34.5 Å². The quantitative estimate of drug-likeness (QED) is 0.167. The summed E-state index contributed by atoms with van der Waals surface area (Å²) >= 11 is 14.1. The Morgan fingerprint density at radius 3 is 2.44 bits per heavy atom. The van der Waals surface area contributed by atoms with E-state index in [2.05, 4.69) is 4.99 Å². The number of aromatic nitrogens is 1. The number of carbonyl (C=O) groups is 1. The van der Waals surface area contributed by atoms with Gasteiger partial charge in [0.15, 0.2) is 16.3 Å². The van der Waals surface area contributed by atoms with Gasteiger partial charge in [0.1, 0.15) is 19.0 Å². The van der Waals surface area contributed by atoms with Gasteiger partial charge in [-0.05, 0) is 49.8 Å². The second kappa shape index (κ2) is 13.5. The molecule has 0 N–H and O–H groups in total. The molecule has 222 valence electrons. The number of fused-ring (bicyclic) bond motifs is 1. The van der Waals surface area contributed by atoms with Gasteiger partial charge in [-0.2, -0.15) is 0 Å². The number of nitrogens with zero attached hydrogens (tertiary/aromatic N) is 2. The summed E-state index contributed by atoms with van der Waals surface area (Å²) in [7, 11) is 1.57. The Balaban J connectivity index is 1.52. The van der Waals surface area contributed by atoms with E-state index < -0.39 is 12.0 Å². The topological polar surface area (TPSA) is 88.4 Å². The molecule has 0 bridgehead atoms. The predicted octanol–water partition coefficient (Wildman–Crippen LogP) is 5.57. The van der Waals surface area contributed by atoms with Crippen molar-refractivity contribution in [1.29, 1.82) is 0 Å². The normalized spacial score (nSPS) is 14.6.